The summed E-state index contributed by atoms with van der Waals surface area (Å²) in [5.41, 5.74) is 2.19. The quantitative estimate of drug-likeness (QED) is 0.424. The van der Waals surface area contributed by atoms with Crippen molar-refractivity contribution in [3.8, 4) is 11.3 Å². The molecule has 0 unspecified atom stereocenters. The second kappa shape index (κ2) is 11.1. The molecule has 3 aromatic rings. The van der Waals surface area contributed by atoms with Crippen LogP contribution in [0.3, 0.4) is 0 Å². The van der Waals surface area contributed by atoms with E-state index in [1.165, 1.54) is 12.8 Å². The normalized spacial score (nSPS) is 19.3. The summed E-state index contributed by atoms with van der Waals surface area (Å²) in [6, 6.07) is 9.86. The maximum Gasteiger partial charge on any atom is 0.254 e. The first-order valence-electron chi connectivity index (χ1n) is 13.6. The van der Waals surface area contributed by atoms with Gasteiger partial charge in [0.1, 0.15) is 11.6 Å². The van der Waals surface area contributed by atoms with E-state index in [4.69, 9.17) is 16.6 Å². The summed E-state index contributed by atoms with van der Waals surface area (Å²) in [6.45, 7) is 5.20. The molecule has 3 aliphatic rings. The van der Waals surface area contributed by atoms with E-state index in [1.807, 2.05) is 34.1 Å². The van der Waals surface area contributed by atoms with Crippen molar-refractivity contribution >= 4 is 29.1 Å². The number of aromatic nitrogens is 2. The number of nitrogens with zero attached hydrogens (tertiary/aromatic N) is 5. The molecule has 3 aliphatic heterocycles. The van der Waals surface area contributed by atoms with Gasteiger partial charge < -0.3 is 20.0 Å². The van der Waals surface area contributed by atoms with Crippen LogP contribution >= 0.6 is 11.6 Å². The minimum atomic E-state index is -0.658. The average molecular weight is 553 g/mol. The van der Waals surface area contributed by atoms with E-state index in [9.17, 15) is 13.6 Å². The van der Waals surface area contributed by atoms with Crippen molar-refractivity contribution in [1.29, 1.82) is 0 Å². The fourth-order valence-electron chi connectivity index (χ4n) is 5.84. The zero-order chi connectivity index (χ0) is 26.9. The fourth-order valence-corrected chi connectivity index (χ4v) is 6.06. The number of hydrogen-bond donors (Lipinski definition) is 1. The van der Waals surface area contributed by atoms with Crippen molar-refractivity contribution in [2.45, 2.75) is 38.3 Å². The number of halogens is 3. The summed E-state index contributed by atoms with van der Waals surface area (Å²) >= 11 is 6.08. The third-order valence-electron chi connectivity index (χ3n) is 7.95. The molecule has 0 radical (unpaired) electrons. The topological polar surface area (TPSA) is 64.6 Å². The summed E-state index contributed by atoms with van der Waals surface area (Å²) in [4.78, 5) is 29.1. The molecule has 10 heteroatoms. The van der Waals surface area contributed by atoms with E-state index < -0.39 is 11.6 Å². The second-order valence-electron chi connectivity index (χ2n) is 10.5. The molecule has 1 amide bonds. The van der Waals surface area contributed by atoms with Gasteiger partial charge in [-0.25, -0.2) is 18.7 Å². The van der Waals surface area contributed by atoms with Gasteiger partial charge in [0.2, 0.25) is 0 Å². The van der Waals surface area contributed by atoms with Crippen LogP contribution in [-0.4, -0.2) is 71.0 Å². The smallest absolute Gasteiger partial charge is 0.254 e. The third kappa shape index (κ3) is 5.30. The number of fused-ring (bicyclic) bond motifs is 1. The van der Waals surface area contributed by atoms with E-state index in [0.717, 1.165) is 56.7 Å². The maximum absolute atomic E-state index is 14.5. The second-order valence-corrected chi connectivity index (χ2v) is 10.9. The van der Waals surface area contributed by atoms with Crippen molar-refractivity contribution in [3.63, 3.8) is 0 Å². The molecule has 0 spiro atoms. The first-order chi connectivity index (χ1) is 19.0. The van der Waals surface area contributed by atoms with Gasteiger partial charge in [-0.1, -0.05) is 23.7 Å². The van der Waals surface area contributed by atoms with Crippen LogP contribution in [0.4, 0.5) is 20.4 Å². The molecule has 2 fully saturated rings. The number of nitrogens with one attached hydrogen (secondary N) is 1. The average Bonchev–Trinajstić information content (AvgIpc) is 3.65. The molecule has 0 aliphatic carbocycles. The van der Waals surface area contributed by atoms with Crippen LogP contribution in [0.5, 0.6) is 0 Å². The van der Waals surface area contributed by atoms with Gasteiger partial charge in [-0.2, -0.15) is 0 Å². The molecule has 204 valence electrons. The predicted octanol–water partition coefficient (Wildman–Crippen LogP) is 5.21. The van der Waals surface area contributed by atoms with Crippen molar-refractivity contribution in [2.24, 2.45) is 0 Å². The Kier molecular flexibility index (Phi) is 7.36. The first kappa shape index (κ1) is 26.0. The molecule has 0 saturated carbocycles. The van der Waals surface area contributed by atoms with Gasteiger partial charge in [-0.05, 0) is 63.0 Å². The lowest BCUT2D eigenvalue weighted by Crippen LogP contribution is -2.42. The van der Waals surface area contributed by atoms with Gasteiger partial charge in [0.25, 0.3) is 5.91 Å². The van der Waals surface area contributed by atoms with E-state index in [2.05, 4.69) is 15.2 Å². The maximum atomic E-state index is 14.5. The first-order valence-corrected chi connectivity index (χ1v) is 14.0. The number of rotatable bonds is 6. The largest absolute Gasteiger partial charge is 0.365 e. The van der Waals surface area contributed by atoms with Crippen molar-refractivity contribution in [2.75, 3.05) is 49.5 Å². The summed E-state index contributed by atoms with van der Waals surface area (Å²) in [5, 5.41) is 2.99. The predicted molar refractivity (Wildman–Crippen MR) is 148 cm³/mol. The van der Waals surface area contributed by atoms with Crippen LogP contribution in [-0.2, 0) is 6.54 Å². The summed E-state index contributed by atoms with van der Waals surface area (Å²) in [5.74, 6) is -0.0341. The Balaban J connectivity index is 1.20. The molecular weight excluding hydrogens is 522 g/mol. The molecular formula is C29H31ClF2N6O. The number of benzene rings is 2. The van der Waals surface area contributed by atoms with Gasteiger partial charge in [0.15, 0.2) is 11.6 Å². The number of carbonyl (C=O) groups is 1. The Labute approximate surface area is 231 Å². The lowest BCUT2D eigenvalue weighted by molar-refractivity contribution is 0.0709. The summed E-state index contributed by atoms with van der Waals surface area (Å²) in [7, 11) is 0. The Morgan fingerprint density at radius 2 is 1.77 bits per heavy atom. The molecule has 6 rings (SSSR count). The SMILES string of the molecule is O=C(c1ccc(-c2cnc3c(n2)N(Cc2c(F)ccc(F)c2Cl)CCN3)cc1)N1CCC[C@H]1CN1CCCC1. The molecule has 1 N–H and O–H groups in total. The van der Waals surface area contributed by atoms with Crippen molar-refractivity contribution in [1.82, 2.24) is 19.8 Å². The highest BCUT2D eigenvalue weighted by molar-refractivity contribution is 6.31. The van der Waals surface area contributed by atoms with Gasteiger partial charge in [0.05, 0.1) is 16.9 Å². The third-order valence-corrected chi connectivity index (χ3v) is 8.36. The summed E-state index contributed by atoms with van der Waals surface area (Å²) in [6.07, 6.45) is 6.27. The van der Waals surface area contributed by atoms with E-state index in [1.54, 1.807) is 6.20 Å². The minimum Gasteiger partial charge on any atom is -0.365 e. The molecule has 2 aromatic carbocycles. The number of anilines is 2. The number of amides is 1. The molecule has 1 aromatic heterocycles. The number of carbonyl (C=O) groups excluding carboxylic acids is 1. The monoisotopic (exact) mass is 552 g/mol. The van der Waals surface area contributed by atoms with Crippen LogP contribution < -0.4 is 10.2 Å². The molecule has 4 heterocycles. The Morgan fingerprint density at radius 1 is 1.00 bits per heavy atom. The van der Waals surface area contributed by atoms with Crippen molar-refractivity contribution in [3.05, 3.63) is 70.4 Å². The lowest BCUT2D eigenvalue weighted by atomic mass is 10.1. The Morgan fingerprint density at radius 3 is 2.56 bits per heavy atom. The standard InChI is InChI=1S/C29H31ClF2N6O/c30-26-22(23(31)9-10-24(26)32)18-37-15-11-33-27-28(37)35-25(16-34-27)19-5-7-20(8-6-19)29(39)38-14-3-4-21(38)17-36-12-1-2-13-36/h5-10,16,21H,1-4,11-15,17-18H2,(H,33,34)/t21-/m0/s1. The highest BCUT2D eigenvalue weighted by atomic mass is 35.5. The van der Waals surface area contributed by atoms with Crippen LogP contribution in [0.25, 0.3) is 11.3 Å². The molecule has 0 bridgehead atoms. The minimum absolute atomic E-state index is 0.0666. The van der Waals surface area contributed by atoms with Gasteiger partial charge >= 0.3 is 0 Å². The zero-order valence-electron chi connectivity index (χ0n) is 21.7. The van der Waals surface area contributed by atoms with Crippen LogP contribution in [0.15, 0.2) is 42.6 Å². The van der Waals surface area contributed by atoms with E-state index in [0.29, 0.717) is 36.0 Å². The van der Waals surface area contributed by atoms with Crippen LogP contribution in [0.2, 0.25) is 5.02 Å². The zero-order valence-corrected chi connectivity index (χ0v) is 22.4. The van der Waals surface area contributed by atoms with Gasteiger partial charge in [-0.3, -0.25) is 4.79 Å². The summed E-state index contributed by atoms with van der Waals surface area (Å²) < 4.78 is 28.5. The molecule has 1 atom stereocenters. The van der Waals surface area contributed by atoms with Crippen LogP contribution in [0, 0.1) is 11.6 Å². The van der Waals surface area contributed by atoms with E-state index in [-0.39, 0.29) is 29.1 Å². The van der Waals surface area contributed by atoms with Crippen molar-refractivity contribution < 1.29 is 13.6 Å². The lowest BCUT2D eigenvalue weighted by Gasteiger charge is -2.30. The fraction of sp³-hybridized carbons (Fsp3) is 0.414. The Bertz CT molecular complexity index is 1360. The molecule has 39 heavy (non-hydrogen) atoms. The van der Waals surface area contributed by atoms with Crippen LogP contribution in [0.1, 0.15) is 41.6 Å². The molecule has 2 saturated heterocycles. The number of hydrogen-bond acceptors (Lipinski definition) is 6. The number of likely N-dealkylation sites (tertiary alicyclic amines) is 2. The Hall–Kier alpha value is -3.30. The van der Waals surface area contributed by atoms with Gasteiger partial charge in [-0.15, -0.1) is 0 Å². The molecule has 7 nitrogen and oxygen atoms in total. The van der Waals surface area contributed by atoms with E-state index >= 15 is 0 Å². The highest BCUT2D eigenvalue weighted by Crippen LogP contribution is 2.32. The highest BCUT2D eigenvalue weighted by Gasteiger charge is 2.31. The van der Waals surface area contributed by atoms with Gasteiger partial charge in [0, 0.05) is 55.5 Å².